The fourth-order valence-electron chi connectivity index (χ4n) is 4.76. The number of hydrogen-bond donors (Lipinski definition) is 0. The molecule has 11 heteroatoms. The first-order valence-corrected chi connectivity index (χ1v) is 17.8. The van der Waals surface area contributed by atoms with Crippen LogP contribution in [0.1, 0.15) is 70.1 Å². The van der Waals surface area contributed by atoms with Crippen LogP contribution in [-0.4, -0.2) is 103 Å². The van der Waals surface area contributed by atoms with E-state index in [9.17, 15) is 4.79 Å². The summed E-state index contributed by atoms with van der Waals surface area (Å²) in [5.41, 5.74) is 0.507. The number of hydrogen-bond acceptors (Lipinski definition) is 10. The van der Waals surface area contributed by atoms with Gasteiger partial charge in [-0.3, -0.25) is 9.69 Å². The molecule has 0 fully saturated rings. The Kier molecular flexibility index (Phi) is 18.1. The van der Waals surface area contributed by atoms with Gasteiger partial charge in [-0.15, -0.1) is 22.7 Å². The molecule has 1 aliphatic heterocycles. The minimum atomic E-state index is -0.0465. The number of ether oxygens (including phenoxy) is 5. The van der Waals surface area contributed by atoms with E-state index in [1.54, 1.807) is 30.4 Å². The van der Waals surface area contributed by atoms with Crippen LogP contribution in [0, 0.1) is 0 Å². The first kappa shape index (κ1) is 36.6. The molecule has 9 nitrogen and oxygen atoms in total. The van der Waals surface area contributed by atoms with Gasteiger partial charge in [0.2, 0.25) is 0 Å². The summed E-state index contributed by atoms with van der Waals surface area (Å²) < 4.78 is 29.9. The minimum Gasteiger partial charge on any atom is -0.382 e. The molecule has 0 saturated carbocycles. The Balaban J connectivity index is 1.42. The number of thiophene rings is 2. The summed E-state index contributed by atoms with van der Waals surface area (Å²) in [5, 5.41) is 1.28. The van der Waals surface area contributed by atoms with Crippen molar-refractivity contribution in [3.8, 4) is 0 Å². The maximum atomic E-state index is 12.4. The van der Waals surface area contributed by atoms with Crippen LogP contribution in [0.5, 0.6) is 0 Å². The highest BCUT2D eigenvalue weighted by atomic mass is 32.1. The second-order valence-corrected chi connectivity index (χ2v) is 13.1. The first-order chi connectivity index (χ1) is 21.5. The predicted molar refractivity (Wildman–Crippen MR) is 184 cm³/mol. The fraction of sp³-hybridized carbons (Fsp3) is 0.697. The number of carbonyl (C=O) groups excluding carboxylic acids is 1. The normalized spacial score (nSPS) is 14.5. The van der Waals surface area contributed by atoms with Gasteiger partial charge in [0.15, 0.2) is 0 Å². The molecule has 0 radical (unpaired) electrons. The molecular weight excluding hydrogens is 599 g/mol. The van der Waals surface area contributed by atoms with E-state index in [2.05, 4.69) is 28.9 Å². The Bertz CT molecular complexity index is 1120. The summed E-state index contributed by atoms with van der Waals surface area (Å²) in [7, 11) is 3.42. The lowest BCUT2D eigenvalue weighted by Crippen LogP contribution is -2.28. The Morgan fingerprint density at radius 1 is 0.773 bits per heavy atom. The van der Waals surface area contributed by atoms with Gasteiger partial charge in [-0.25, -0.2) is 4.99 Å². The highest BCUT2D eigenvalue weighted by Crippen LogP contribution is 2.39. The van der Waals surface area contributed by atoms with E-state index in [0.717, 1.165) is 23.8 Å². The van der Waals surface area contributed by atoms with Crippen molar-refractivity contribution in [1.82, 2.24) is 4.90 Å². The van der Waals surface area contributed by atoms with Crippen LogP contribution in [-0.2, 0) is 28.5 Å². The van der Waals surface area contributed by atoms with Crippen molar-refractivity contribution in [1.29, 1.82) is 0 Å². The molecule has 248 valence electrons. The van der Waals surface area contributed by atoms with E-state index in [0.29, 0.717) is 65.2 Å². The van der Waals surface area contributed by atoms with E-state index in [4.69, 9.17) is 23.7 Å². The number of amides is 1. The maximum absolute atomic E-state index is 12.4. The zero-order valence-corrected chi connectivity index (χ0v) is 28.9. The van der Waals surface area contributed by atoms with Gasteiger partial charge in [0.05, 0.1) is 64.5 Å². The van der Waals surface area contributed by atoms with Crippen molar-refractivity contribution >= 4 is 54.9 Å². The summed E-state index contributed by atoms with van der Waals surface area (Å²) in [6.45, 7) is 11.2. The van der Waals surface area contributed by atoms with E-state index in [1.807, 2.05) is 24.3 Å². The molecular formula is C33H53N3O6S2. The highest BCUT2D eigenvalue weighted by Gasteiger charge is 2.24. The summed E-state index contributed by atoms with van der Waals surface area (Å²) >= 11 is 3.53. The number of likely N-dealkylation sites (N-methyl/N-ethyl adjacent to an activating group) is 1. The lowest BCUT2D eigenvalue weighted by Gasteiger charge is -2.23. The number of nitrogens with zero attached hydrogens (tertiary/aromatic N) is 3. The third-order valence-electron chi connectivity index (χ3n) is 7.43. The second kappa shape index (κ2) is 21.8. The second-order valence-electron chi connectivity index (χ2n) is 10.9. The standard InChI is InChI=1S/C33H53N3O6S2/c1-5-6-7-8-9-10-11-12-13-36(14-15-39-18-19-41-22-23-42-21-20-40-17-16-38-4)32-26-31-30(44-32)25-28(43-31)24-29-33(37)35(3)27(2)34-29/h24-26H,5-23H2,1-4H3/b29-24-. The largest absolute Gasteiger partial charge is 0.382 e. The van der Waals surface area contributed by atoms with Crippen molar-refractivity contribution in [2.24, 2.45) is 4.99 Å². The average molecular weight is 652 g/mol. The first-order valence-electron chi connectivity index (χ1n) is 16.2. The molecule has 0 spiro atoms. The van der Waals surface area contributed by atoms with Crippen molar-refractivity contribution in [2.75, 3.05) is 91.6 Å². The molecule has 2 aromatic rings. The SMILES string of the molecule is CCCCCCCCCCN(CCOCCOCCOCCOCCOC)c1cc2sc(/C=C3\N=C(C)N(C)C3=O)cc2s1. The molecule has 1 aliphatic rings. The summed E-state index contributed by atoms with van der Waals surface area (Å²) in [4.78, 5) is 22.0. The number of amidine groups is 1. The summed E-state index contributed by atoms with van der Waals surface area (Å²) in [6, 6.07) is 4.47. The van der Waals surface area contributed by atoms with E-state index >= 15 is 0 Å². The molecule has 0 bridgehead atoms. The molecule has 0 saturated heterocycles. The number of aliphatic imine (C=N–C) groups is 1. The van der Waals surface area contributed by atoms with Gasteiger partial charge in [-0.1, -0.05) is 51.9 Å². The van der Waals surface area contributed by atoms with Gasteiger partial charge in [0, 0.05) is 41.5 Å². The third-order valence-corrected chi connectivity index (χ3v) is 9.73. The van der Waals surface area contributed by atoms with Crippen molar-refractivity contribution < 1.29 is 28.5 Å². The van der Waals surface area contributed by atoms with Crippen molar-refractivity contribution in [3.63, 3.8) is 0 Å². The average Bonchev–Trinajstić information content (AvgIpc) is 3.65. The Labute approximate surface area is 272 Å². The van der Waals surface area contributed by atoms with Gasteiger partial charge in [0.1, 0.15) is 11.5 Å². The van der Waals surface area contributed by atoms with Crippen LogP contribution >= 0.6 is 22.7 Å². The number of methoxy groups -OCH3 is 1. The highest BCUT2D eigenvalue weighted by molar-refractivity contribution is 7.30. The fourth-order valence-corrected chi connectivity index (χ4v) is 7.15. The molecule has 1 amide bonds. The van der Waals surface area contributed by atoms with Crippen molar-refractivity contribution in [3.05, 3.63) is 22.7 Å². The van der Waals surface area contributed by atoms with Gasteiger partial charge in [-0.05, 0) is 31.6 Å². The van der Waals surface area contributed by atoms with Crippen LogP contribution in [0.4, 0.5) is 5.00 Å². The van der Waals surface area contributed by atoms with Gasteiger partial charge in [0.25, 0.3) is 5.91 Å². The minimum absolute atomic E-state index is 0.0465. The molecule has 3 heterocycles. The third kappa shape index (κ3) is 13.2. The van der Waals surface area contributed by atoms with Gasteiger partial charge >= 0.3 is 0 Å². The lowest BCUT2D eigenvalue weighted by atomic mass is 10.1. The zero-order valence-electron chi connectivity index (χ0n) is 27.3. The number of carbonyl (C=O) groups is 1. The van der Waals surface area contributed by atoms with Crippen LogP contribution < -0.4 is 4.90 Å². The van der Waals surface area contributed by atoms with Crippen LogP contribution in [0.2, 0.25) is 0 Å². The number of fused-ring (bicyclic) bond motifs is 1. The molecule has 0 unspecified atom stereocenters. The van der Waals surface area contributed by atoms with E-state index in [1.165, 1.54) is 65.8 Å². The molecule has 44 heavy (non-hydrogen) atoms. The van der Waals surface area contributed by atoms with Gasteiger partial charge < -0.3 is 28.6 Å². The van der Waals surface area contributed by atoms with Crippen LogP contribution in [0.15, 0.2) is 22.8 Å². The van der Waals surface area contributed by atoms with Crippen LogP contribution in [0.3, 0.4) is 0 Å². The molecule has 3 rings (SSSR count). The molecule has 2 aromatic heterocycles. The predicted octanol–water partition coefficient (Wildman–Crippen LogP) is 6.85. The van der Waals surface area contributed by atoms with Crippen LogP contribution in [0.25, 0.3) is 15.5 Å². The zero-order chi connectivity index (χ0) is 31.4. The molecule has 0 aliphatic carbocycles. The quantitative estimate of drug-likeness (QED) is 0.0813. The van der Waals surface area contributed by atoms with Gasteiger partial charge in [-0.2, -0.15) is 0 Å². The summed E-state index contributed by atoms with van der Waals surface area (Å²) in [6.07, 6.45) is 12.4. The Morgan fingerprint density at radius 3 is 1.91 bits per heavy atom. The monoisotopic (exact) mass is 651 g/mol. The maximum Gasteiger partial charge on any atom is 0.277 e. The topological polar surface area (TPSA) is 82.1 Å². The Hall–Kier alpha value is -1.86. The smallest absolute Gasteiger partial charge is 0.277 e. The molecule has 0 aromatic carbocycles. The Morgan fingerprint density at radius 2 is 1.34 bits per heavy atom. The molecule has 0 atom stereocenters. The number of anilines is 1. The van der Waals surface area contributed by atoms with E-state index < -0.39 is 0 Å². The molecule has 0 N–H and O–H groups in total. The lowest BCUT2D eigenvalue weighted by molar-refractivity contribution is -0.121. The van der Waals surface area contributed by atoms with E-state index in [-0.39, 0.29) is 5.91 Å². The number of rotatable bonds is 26. The van der Waals surface area contributed by atoms with Crippen molar-refractivity contribution in [2.45, 2.75) is 65.2 Å². The summed E-state index contributed by atoms with van der Waals surface area (Å²) in [5.74, 6) is 0.687. The number of unbranched alkanes of at least 4 members (excludes halogenated alkanes) is 7.